The first-order chi connectivity index (χ1) is 15.1. The third kappa shape index (κ3) is 4.33. The van der Waals surface area contributed by atoms with E-state index in [0.717, 1.165) is 54.5 Å². The van der Waals surface area contributed by atoms with Crippen molar-refractivity contribution in [3.05, 3.63) is 54.4 Å². The summed E-state index contributed by atoms with van der Waals surface area (Å²) in [6.07, 6.45) is 2.21. The molecule has 0 spiro atoms. The van der Waals surface area contributed by atoms with Crippen molar-refractivity contribution in [3.63, 3.8) is 0 Å². The molecule has 7 nitrogen and oxygen atoms in total. The lowest BCUT2D eigenvalue weighted by Gasteiger charge is -2.20. The summed E-state index contributed by atoms with van der Waals surface area (Å²) in [6, 6.07) is 11.9. The van der Waals surface area contributed by atoms with Crippen LogP contribution in [0, 0.1) is 0 Å². The summed E-state index contributed by atoms with van der Waals surface area (Å²) in [5.41, 5.74) is 8.69. The van der Waals surface area contributed by atoms with E-state index in [4.69, 9.17) is 4.98 Å². The number of nitrogens with zero attached hydrogens (tertiary/aromatic N) is 4. The van der Waals surface area contributed by atoms with E-state index in [2.05, 4.69) is 20.4 Å². The zero-order chi connectivity index (χ0) is 21.8. The van der Waals surface area contributed by atoms with Crippen molar-refractivity contribution in [1.29, 1.82) is 0 Å². The average molecular weight is 426 g/mol. The van der Waals surface area contributed by atoms with Gasteiger partial charge in [0.25, 0.3) is 12.3 Å². The van der Waals surface area contributed by atoms with Gasteiger partial charge in [-0.1, -0.05) is 12.1 Å². The Morgan fingerprint density at radius 1 is 1.16 bits per heavy atom. The highest BCUT2D eigenvalue weighted by Gasteiger charge is 2.22. The van der Waals surface area contributed by atoms with Crippen molar-refractivity contribution in [2.75, 3.05) is 32.7 Å². The highest BCUT2D eigenvalue weighted by Crippen LogP contribution is 2.26. The first-order valence-electron chi connectivity index (χ1n) is 10.2. The lowest BCUT2D eigenvalue weighted by atomic mass is 10.1. The molecule has 3 N–H and O–H groups in total. The summed E-state index contributed by atoms with van der Waals surface area (Å²) < 4.78 is 23.4. The molecule has 0 radical (unpaired) electrons. The SMILES string of the molecule is NCC(F)F.O=C(c1cc2cnccc2n2c1nc1ccccc12)N1CCCNCC1. The van der Waals surface area contributed by atoms with Gasteiger partial charge in [0.05, 0.1) is 28.7 Å². The number of hydrogen-bond donors (Lipinski definition) is 2. The number of fused-ring (bicyclic) bond motifs is 5. The minimum atomic E-state index is -2.34. The summed E-state index contributed by atoms with van der Waals surface area (Å²) in [5, 5.41) is 4.29. The van der Waals surface area contributed by atoms with Gasteiger partial charge >= 0.3 is 0 Å². The molecule has 1 amide bonds. The summed E-state index contributed by atoms with van der Waals surface area (Å²) in [4.78, 5) is 24.3. The van der Waals surface area contributed by atoms with Crippen LogP contribution in [0.4, 0.5) is 8.78 Å². The van der Waals surface area contributed by atoms with Gasteiger partial charge in [-0.25, -0.2) is 13.8 Å². The number of alkyl halides is 2. The molecule has 1 aliphatic rings. The maximum absolute atomic E-state index is 13.3. The first-order valence-corrected chi connectivity index (χ1v) is 10.2. The van der Waals surface area contributed by atoms with Crippen LogP contribution in [0.25, 0.3) is 27.6 Å². The number of halogens is 2. The van der Waals surface area contributed by atoms with Gasteiger partial charge in [-0.2, -0.15) is 0 Å². The topological polar surface area (TPSA) is 88.5 Å². The van der Waals surface area contributed by atoms with E-state index in [1.54, 1.807) is 6.20 Å². The van der Waals surface area contributed by atoms with Crippen LogP contribution in [0.3, 0.4) is 0 Å². The van der Waals surface area contributed by atoms with Crippen molar-refractivity contribution in [1.82, 2.24) is 24.6 Å². The molecule has 1 fully saturated rings. The molecule has 5 rings (SSSR count). The third-order valence-corrected chi connectivity index (χ3v) is 5.21. The number of hydrogen-bond acceptors (Lipinski definition) is 5. The summed E-state index contributed by atoms with van der Waals surface area (Å²) in [5.74, 6) is 0.0414. The normalized spacial score (nSPS) is 14.6. The van der Waals surface area contributed by atoms with E-state index >= 15 is 0 Å². The quantitative estimate of drug-likeness (QED) is 0.515. The second-order valence-corrected chi connectivity index (χ2v) is 7.27. The van der Waals surface area contributed by atoms with Crippen molar-refractivity contribution in [2.24, 2.45) is 5.73 Å². The Balaban J connectivity index is 0.000000418. The molecule has 4 heterocycles. The lowest BCUT2D eigenvalue weighted by Crippen LogP contribution is -2.34. The number of pyridine rings is 2. The molecule has 4 aromatic rings. The fourth-order valence-corrected chi connectivity index (χ4v) is 3.76. The summed E-state index contributed by atoms with van der Waals surface area (Å²) >= 11 is 0. The van der Waals surface area contributed by atoms with Gasteiger partial charge in [-0.3, -0.25) is 14.2 Å². The Labute approximate surface area is 177 Å². The number of para-hydroxylation sites is 2. The van der Waals surface area contributed by atoms with Crippen LogP contribution in [-0.4, -0.2) is 64.3 Å². The van der Waals surface area contributed by atoms with E-state index in [9.17, 15) is 13.6 Å². The molecule has 0 aliphatic carbocycles. The Hall–Kier alpha value is -3.17. The zero-order valence-electron chi connectivity index (χ0n) is 17.0. The standard InChI is InChI=1S/C20H19N5O.C2H5F2N/c26-20(24-10-3-7-21-9-11-24)15-12-14-13-22-8-6-17(14)25-18-5-2-1-4-16(18)23-19(15)25;3-2(4)1-5/h1-2,4-6,8,12-13,21H,3,7,9-11H2;2H,1,5H2. The number of rotatable bonds is 2. The predicted octanol–water partition coefficient (Wildman–Crippen LogP) is 2.68. The molecule has 0 bridgehead atoms. The summed E-state index contributed by atoms with van der Waals surface area (Å²) in [7, 11) is 0. The van der Waals surface area contributed by atoms with Crippen molar-refractivity contribution in [2.45, 2.75) is 12.8 Å². The molecule has 0 unspecified atom stereocenters. The Kier molecular flexibility index (Phi) is 6.34. The van der Waals surface area contributed by atoms with Gasteiger partial charge in [0.2, 0.25) is 0 Å². The van der Waals surface area contributed by atoms with Crippen LogP contribution < -0.4 is 11.1 Å². The number of imidazole rings is 1. The second-order valence-electron chi connectivity index (χ2n) is 7.27. The maximum Gasteiger partial charge on any atom is 0.257 e. The fraction of sp³-hybridized carbons (Fsp3) is 0.318. The second kappa shape index (κ2) is 9.32. The Morgan fingerprint density at radius 2 is 1.97 bits per heavy atom. The highest BCUT2D eigenvalue weighted by molar-refractivity contribution is 6.05. The number of amides is 1. The number of carbonyl (C=O) groups is 1. The Morgan fingerprint density at radius 3 is 2.77 bits per heavy atom. The fourth-order valence-electron chi connectivity index (χ4n) is 3.76. The number of benzene rings is 1. The Bertz CT molecular complexity index is 1200. The van der Waals surface area contributed by atoms with Gasteiger partial charge in [0.15, 0.2) is 5.65 Å². The van der Waals surface area contributed by atoms with Gasteiger partial charge in [-0.15, -0.1) is 0 Å². The van der Waals surface area contributed by atoms with E-state index in [0.29, 0.717) is 11.2 Å². The molecule has 1 aliphatic heterocycles. The van der Waals surface area contributed by atoms with E-state index in [-0.39, 0.29) is 5.91 Å². The molecule has 1 saturated heterocycles. The largest absolute Gasteiger partial charge is 0.337 e. The molecule has 31 heavy (non-hydrogen) atoms. The predicted molar refractivity (Wildman–Crippen MR) is 116 cm³/mol. The van der Waals surface area contributed by atoms with Gasteiger partial charge in [-0.05, 0) is 37.2 Å². The number of aromatic nitrogens is 3. The first kappa shape index (κ1) is 21.1. The maximum atomic E-state index is 13.3. The molecule has 1 aromatic carbocycles. The van der Waals surface area contributed by atoms with Crippen molar-refractivity contribution < 1.29 is 13.6 Å². The molecule has 162 valence electrons. The monoisotopic (exact) mass is 426 g/mol. The average Bonchev–Trinajstić information content (AvgIpc) is 2.98. The van der Waals surface area contributed by atoms with Gasteiger partial charge < -0.3 is 16.0 Å². The van der Waals surface area contributed by atoms with E-state index in [1.807, 2.05) is 47.5 Å². The highest BCUT2D eigenvalue weighted by atomic mass is 19.3. The number of nitrogens with one attached hydrogen (secondary N) is 1. The lowest BCUT2D eigenvalue weighted by molar-refractivity contribution is 0.0768. The number of carbonyl (C=O) groups excluding carboxylic acids is 1. The molecule has 0 atom stereocenters. The van der Waals surface area contributed by atoms with Gasteiger partial charge in [0.1, 0.15) is 0 Å². The minimum Gasteiger partial charge on any atom is -0.337 e. The molecular formula is C22H24F2N6O. The number of nitrogens with two attached hydrogens (primary N) is 1. The van der Waals surface area contributed by atoms with Crippen molar-refractivity contribution in [3.8, 4) is 0 Å². The van der Waals surface area contributed by atoms with Crippen LogP contribution in [-0.2, 0) is 0 Å². The minimum absolute atomic E-state index is 0.0414. The van der Waals surface area contributed by atoms with Crippen LogP contribution in [0.2, 0.25) is 0 Å². The smallest absolute Gasteiger partial charge is 0.257 e. The van der Waals surface area contributed by atoms with Gasteiger partial charge in [0, 0.05) is 37.4 Å². The zero-order valence-corrected chi connectivity index (χ0v) is 17.0. The molecule has 9 heteroatoms. The van der Waals surface area contributed by atoms with E-state index < -0.39 is 13.0 Å². The van der Waals surface area contributed by atoms with Crippen LogP contribution in [0.1, 0.15) is 16.8 Å². The third-order valence-electron chi connectivity index (χ3n) is 5.21. The van der Waals surface area contributed by atoms with Crippen molar-refractivity contribution >= 4 is 33.5 Å². The molecule has 0 saturated carbocycles. The molecule has 3 aromatic heterocycles. The van der Waals surface area contributed by atoms with Crippen LogP contribution >= 0.6 is 0 Å². The van der Waals surface area contributed by atoms with Crippen LogP contribution in [0.5, 0.6) is 0 Å². The molecular weight excluding hydrogens is 402 g/mol. The van der Waals surface area contributed by atoms with Crippen LogP contribution in [0.15, 0.2) is 48.8 Å². The van der Waals surface area contributed by atoms with E-state index in [1.165, 1.54) is 0 Å². The summed E-state index contributed by atoms with van der Waals surface area (Å²) in [6.45, 7) is 2.74.